The fraction of sp³-hybridized carbons (Fsp3) is 0.647. The number of amides is 5. The lowest BCUT2D eigenvalue weighted by atomic mass is 10.1. The number of hydrogen-bond donors (Lipinski definition) is 7. The van der Waals surface area contributed by atoms with Crippen LogP contribution in [0.1, 0.15) is 32.1 Å². The van der Waals surface area contributed by atoms with Gasteiger partial charge in [0.15, 0.2) is 0 Å². The Labute approximate surface area is 183 Å². The molecule has 0 bridgehead atoms. The van der Waals surface area contributed by atoms with Crippen molar-refractivity contribution in [1.82, 2.24) is 16.0 Å². The van der Waals surface area contributed by atoms with E-state index in [1.165, 1.54) is 11.8 Å². The molecule has 0 fully saturated rings. The van der Waals surface area contributed by atoms with Gasteiger partial charge >= 0.3 is 5.97 Å². The molecule has 0 aromatic carbocycles. The number of carboxylic acid groups (broad SMARTS) is 1. The monoisotopic (exact) mass is 462 g/mol. The van der Waals surface area contributed by atoms with Crippen LogP contribution < -0.4 is 33.2 Å². The Morgan fingerprint density at radius 2 is 1.45 bits per heavy atom. The maximum absolute atomic E-state index is 12.5. The van der Waals surface area contributed by atoms with E-state index >= 15 is 0 Å². The van der Waals surface area contributed by atoms with Gasteiger partial charge in [-0.1, -0.05) is 0 Å². The first kappa shape index (κ1) is 28.1. The molecule has 0 aliphatic rings. The van der Waals surface area contributed by atoms with E-state index in [0.717, 1.165) is 0 Å². The lowest BCUT2D eigenvalue weighted by Crippen LogP contribution is -2.54. The quantitative estimate of drug-likeness (QED) is 0.122. The van der Waals surface area contributed by atoms with Gasteiger partial charge in [-0.3, -0.25) is 24.0 Å². The van der Waals surface area contributed by atoms with Gasteiger partial charge in [-0.15, -0.1) is 0 Å². The number of primary amides is 2. The first-order valence-electron chi connectivity index (χ1n) is 9.39. The number of aliphatic carboxylic acids is 1. The van der Waals surface area contributed by atoms with E-state index < -0.39 is 60.2 Å². The van der Waals surface area contributed by atoms with E-state index in [2.05, 4.69) is 16.0 Å². The number of nitrogens with one attached hydrogen (secondary N) is 3. The number of rotatable bonds is 16. The summed E-state index contributed by atoms with van der Waals surface area (Å²) in [5.74, 6) is -4.35. The molecule has 3 unspecified atom stereocenters. The van der Waals surface area contributed by atoms with Gasteiger partial charge in [-0.2, -0.15) is 11.8 Å². The number of thioether (sulfide) groups is 1. The van der Waals surface area contributed by atoms with Gasteiger partial charge in [0, 0.05) is 12.8 Å². The molecule has 13 nitrogen and oxygen atoms in total. The lowest BCUT2D eigenvalue weighted by molar-refractivity contribution is -0.142. The Balaban J connectivity index is 4.89. The van der Waals surface area contributed by atoms with Gasteiger partial charge < -0.3 is 38.3 Å². The fourth-order valence-corrected chi connectivity index (χ4v) is 2.76. The molecule has 0 saturated carbocycles. The molecule has 5 amide bonds. The molecule has 0 aromatic heterocycles. The molecular weight excluding hydrogens is 432 g/mol. The van der Waals surface area contributed by atoms with Crippen LogP contribution in [0.4, 0.5) is 0 Å². The number of carboxylic acids is 1. The van der Waals surface area contributed by atoms with Gasteiger partial charge in [0.05, 0.1) is 12.6 Å². The summed E-state index contributed by atoms with van der Waals surface area (Å²) in [6, 6.07) is -3.46. The average Bonchev–Trinajstić information content (AvgIpc) is 2.69. The zero-order valence-electron chi connectivity index (χ0n) is 17.2. The van der Waals surface area contributed by atoms with E-state index in [1.54, 1.807) is 6.26 Å². The molecule has 0 spiro atoms. The maximum atomic E-state index is 12.5. The highest BCUT2D eigenvalue weighted by Gasteiger charge is 2.27. The number of carbonyl (C=O) groups excluding carboxylic acids is 5. The predicted molar refractivity (Wildman–Crippen MR) is 112 cm³/mol. The standard InChI is InChI=1S/C17H30N6O7S/c1-31-7-6-11(17(29)30)23-16(28)10(3-5-13(20)25)22-14(26)8-21-15(27)9(18)2-4-12(19)24/h9-11H,2-8,18H2,1H3,(H2,19,24)(H2,20,25)(H,21,27)(H,22,26)(H,23,28)(H,29,30). The fourth-order valence-electron chi connectivity index (χ4n) is 2.29. The van der Waals surface area contributed by atoms with Crippen LogP contribution >= 0.6 is 11.8 Å². The molecule has 31 heavy (non-hydrogen) atoms. The van der Waals surface area contributed by atoms with Crippen molar-refractivity contribution in [2.45, 2.75) is 50.2 Å². The highest BCUT2D eigenvalue weighted by Crippen LogP contribution is 2.04. The van der Waals surface area contributed by atoms with Crippen LogP contribution in [0.3, 0.4) is 0 Å². The predicted octanol–water partition coefficient (Wildman–Crippen LogP) is -3.23. The topological polar surface area (TPSA) is 237 Å². The van der Waals surface area contributed by atoms with Gasteiger partial charge in [-0.25, -0.2) is 4.79 Å². The van der Waals surface area contributed by atoms with Gasteiger partial charge in [-0.05, 0) is 31.3 Å². The minimum absolute atomic E-state index is 0.000942. The zero-order valence-corrected chi connectivity index (χ0v) is 18.0. The van der Waals surface area contributed by atoms with Crippen LogP contribution in [0.5, 0.6) is 0 Å². The second-order valence-corrected chi connectivity index (χ2v) is 7.62. The Kier molecular flexibility index (Phi) is 13.6. The van der Waals surface area contributed by atoms with Crippen molar-refractivity contribution in [1.29, 1.82) is 0 Å². The van der Waals surface area contributed by atoms with Crippen molar-refractivity contribution in [2.75, 3.05) is 18.6 Å². The molecule has 0 aliphatic carbocycles. The second kappa shape index (κ2) is 15.0. The summed E-state index contributed by atoms with van der Waals surface area (Å²) in [7, 11) is 0. The molecule has 10 N–H and O–H groups in total. The number of nitrogens with two attached hydrogens (primary N) is 3. The summed E-state index contributed by atoms with van der Waals surface area (Å²) in [4.78, 5) is 69.5. The summed E-state index contributed by atoms with van der Waals surface area (Å²) in [6.07, 6.45) is 1.46. The molecule has 3 atom stereocenters. The largest absolute Gasteiger partial charge is 0.480 e. The minimum atomic E-state index is -1.24. The van der Waals surface area contributed by atoms with Crippen LogP contribution in [0.15, 0.2) is 0 Å². The van der Waals surface area contributed by atoms with Gasteiger partial charge in [0.2, 0.25) is 29.5 Å². The molecule has 0 aliphatic heterocycles. The van der Waals surface area contributed by atoms with E-state index in [9.17, 15) is 33.9 Å². The molecule has 14 heteroatoms. The highest BCUT2D eigenvalue weighted by atomic mass is 32.2. The Hall–Kier alpha value is -2.87. The van der Waals surface area contributed by atoms with E-state index in [1.807, 2.05) is 0 Å². The molecule has 0 radical (unpaired) electrons. The summed E-state index contributed by atoms with van der Waals surface area (Å²) in [5.41, 5.74) is 15.6. The first-order chi connectivity index (χ1) is 14.5. The zero-order chi connectivity index (χ0) is 24.0. The second-order valence-electron chi connectivity index (χ2n) is 6.64. The van der Waals surface area contributed by atoms with Crippen LogP contribution in [0, 0.1) is 0 Å². The Morgan fingerprint density at radius 3 is 1.97 bits per heavy atom. The molecule has 0 saturated heterocycles. The summed E-state index contributed by atoms with van der Waals surface area (Å²) >= 11 is 1.40. The summed E-state index contributed by atoms with van der Waals surface area (Å²) in [5, 5.41) is 16.1. The SMILES string of the molecule is CSCCC(NC(=O)C(CCC(N)=O)NC(=O)CNC(=O)C(N)CCC(N)=O)C(=O)O. The summed E-state index contributed by atoms with van der Waals surface area (Å²) in [6.45, 7) is -0.529. The van der Waals surface area contributed by atoms with Crippen LogP contribution in [-0.2, 0) is 28.8 Å². The number of carbonyl (C=O) groups is 6. The third-order valence-electron chi connectivity index (χ3n) is 4.02. The highest BCUT2D eigenvalue weighted by molar-refractivity contribution is 7.98. The van der Waals surface area contributed by atoms with Gasteiger partial charge in [0.1, 0.15) is 12.1 Å². The van der Waals surface area contributed by atoms with Crippen molar-refractivity contribution < 1.29 is 33.9 Å². The van der Waals surface area contributed by atoms with Crippen LogP contribution in [-0.4, -0.2) is 77.3 Å². The molecule has 0 aromatic rings. The Bertz CT molecular complexity index is 675. The summed E-state index contributed by atoms with van der Waals surface area (Å²) < 4.78 is 0. The van der Waals surface area contributed by atoms with Gasteiger partial charge in [0.25, 0.3) is 0 Å². The van der Waals surface area contributed by atoms with Crippen molar-refractivity contribution in [3.8, 4) is 0 Å². The molecule has 0 rings (SSSR count). The van der Waals surface area contributed by atoms with Crippen molar-refractivity contribution in [3.63, 3.8) is 0 Å². The van der Waals surface area contributed by atoms with E-state index in [4.69, 9.17) is 17.2 Å². The van der Waals surface area contributed by atoms with E-state index in [-0.39, 0.29) is 32.1 Å². The van der Waals surface area contributed by atoms with Crippen molar-refractivity contribution in [3.05, 3.63) is 0 Å². The minimum Gasteiger partial charge on any atom is -0.480 e. The van der Waals surface area contributed by atoms with Crippen LogP contribution in [0.2, 0.25) is 0 Å². The third kappa shape index (κ3) is 13.1. The molecule has 176 valence electrons. The maximum Gasteiger partial charge on any atom is 0.326 e. The lowest BCUT2D eigenvalue weighted by Gasteiger charge is -2.21. The molecule has 0 heterocycles. The first-order valence-corrected chi connectivity index (χ1v) is 10.8. The third-order valence-corrected chi connectivity index (χ3v) is 4.66. The normalized spacial score (nSPS) is 13.4. The van der Waals surface area contributed by atoms with Crippen LogP contribution in [0.25, 0.3) is 0 Å². The van der Waals surface area contributed by atoms with E-state index in [0.29, 0.717) is 5.75 Å². The smallest absolute Gasteiger partial charge is 0.326 e. The van der Waals surface area contributed by atoms with Crippen molar-refractivity contribution >= 4 is 47.3 Å². The van der Waals surface area contributed by atoms with Crippen molar-refractivity contribution in [2.24, 2.45) is 17.2 Å². The number of hydrogen-bond acceptors (Lipinski definition) is 8. The average molecular weight is 463 g/mol. The molecular formula is C17H30N6O7S. The Morgan fingerprint density at radius 1 is 0.871 bits per heavy atom.